The highest BCUT2D eigenvalue weighted by Crippen LogP contribution is 2.33. The summed E-state index contributed by atoms with van der Waals surface area (Å²) in [6, 6.07) is 22.2. The summed E-state index contributed by atoms with van der Waals surface area (Å²) in [7, 11) is 0. The molecule has 1 aliphatic rings. The lowest BCUT2D eigenvalue weighted by Gasteiger charge is -2.39. The number of hydrogen-bond donors (Lipinski definition) is 1. The topological polar surface area (TPSA) is 92.2 Å². The fourth-order valence-electron chi connectivity index (χ4n) is 5.72. The summed E-state index contributed by atoms with van der Waals surface area (Å²) < 4.78 is 47.6. The number of aryl methyl sites for hydroxylation is 2. The number of anilines is 1. The van der Waals surface area contributed by atoms with E-state index in [0.717, 1.165) is 17.0 Å². The highest BCUT2D eigenvalue weighted by molar-refractivity contribution is 5.80. The van der Waals surface area contributed by atoms with E-state index in [2.05, 4.69) is 25.4 Å². The van der Waals surface area contributed by atoms with Gasteiger partial charge in [-0.15, -0.1) is 5.10 Å². The summed E-state index contributed by atoms with van der Waals surface area (Å²) in [5.74, 6) is 1.22. The Morgan fingerprint density at radius 3 is 2.50 bits per heavy atom. The van der Waals surface area contributed by atoms with Gasteiger partial charge in [0.05, 0.1) is 12.2 Å². The molecule has 0 saturated carbocycles. The zero-order chi connectivity index (χ0) is 30.7. The standard InChI is InChI=1S/C32H32F3N7O2/c1-2-44-26-11-12-28-23(19-26)20-27(31(43)36-28)29(30-37-38-39-42(30)14-13-22-7-4-3-5-8-22)41-17-15-40(16-18-41)25-10-6-9-24(21-25)32(33,34)35/h3-12,19-21,29H,2,13-18H2,1H3,(H,36,43)/t29-/m0/s1. The smallest absolute Gasteiger partial charge is 0.416 e. The number of ether oxygens (including phenoxy) is 1. The molecular formula is C32H32F3N7O2. The summed E-state index contributed by atoms with van der Waals surface area (Å²) in [6.45, 7) is 4.80. The number of nitrogens with one attached hydrogen (secondary N) is 1. The molecule has 1 aliphatic heterocycles. The van der Waals surface area contributed by atoms with Crippen LogP contribution in [0.2, 0.25) is 0 Å². The molecule has 0 radical (unpaired) electrons. The molecule has 44 heavy (non-hydrogen) atoms. The Kier molecular flexibility index (Phi) is 8.34. The number of H-pyrrole nitrogens is 1. The molecule has 9 nitrogen and oxygen atoms in total. The number of halogens is 3. The highest BCUT2D eigenvalue weighted by Gasteiger charge is 2.34. The summed E-state index contributed by atoms with van der Waals surface area (Å²) in [5.41, 5.74) is 1.86. The number of aromatic nitrogens is 5. The van der Waals surface area contributed by atoms with Gasteiger partial charge >= 0.3 is 6.18 Å². The summed E-state index contributed by atoms with van der Waals surface area (Å²) in [5, 5.41) is 13.5. The van der Waals surface area contributed by atoms with Crippen molar-refractivity contribution in [2.75, 3.05) is 37.7 Å². The number of pyridine rings is 1. The first-order valence-corrected chi connectivity index (χ1v) is 14.6. The van der Waals surface area contributed by atoms with Gasteiger partial charge in [-0.1, -0.05) is 36.4 Å². The van der Waals surface area contributed by atoms with Crippen LogP contribution >= 0.6 is 0 Å². The Labute approximate surface area is 251 Å². The molecule has 3 aromatic carbocycles. The molecule has 0 spiro atoms. The van der Waals surface area contributed by atoms with Crippen LogP contribution in [-0.4, -0.2) is 62.9 Å². The molecule has 12 heteroatoms. The number of aromatic amines is 1. The average molecular weight is 604 g/mol. The molecule has 228 valence electrons. The second-order valence-electron chi connectivity index (χ2n) is 10.7. The third-order valence-corrected chi connectivity index (χ3v) is 7.93. The first-order chi connectivity index (χ1) is 21.3. The van der Waals surface area contributed by atoms with Crippen LogP contribution in [0.1, 0.15) is 35.5 Å². The fraction of sp³-hybridized carbons (Fsp3) is 0.312. The van der Waals surface area contributed by atoms with E-state index in [1.54, 1.807) is 10.7 Å². The van der Waals surface area contributed by atoms with Crippen molar-refractivity contribution < 1.29 is 17.9 Å². The van der Waals surface area contributed by atoms with E-state index in [0.29, 0.717) is 74.1 Å². The minimum atomic E-state index is -4.42. The lowest BCUT2D eigenvalue weighted by atomic mass is 10.0. The number of hydrogen-bond acceptors (Lipinski definition) is 7. The van der Waals surface area contributed by atoms with Crippen LogP contribution in [0.15, 0.2) is 83.7 Å². The Morgan fingerprint density at radius 1 is 0.955 bits per heavy atom. The maximum atomic E-state index is 13.6. The van der Waals surface area contributed by atoms with Gasteiger partial charge in [-0.25, -0.2) is 4.68 Å². The Balaban J connectivity index is 1.34. The van der Waals surface area contributed by atoms with Crippen LogP contribution in [-0.2, 0) is 19.1 Å². The van der Waals surface area contributed by atoms with Crippen molar-refractivity contribution in [1.82, 2.24) is 30.1 Å². The molecule has 1 N–H and O–H groups in total. The highest BCUT2D eigenvalue weighted by atomic mass is 19.4. The maximum absolute atomic E-state index is 13.6. The van der Waals surface area contributed by atoms with Gasteiger partial charge in [-0.05, 0) is 71.8 Å². The molecule has 0 bridgehead atoms. The second kappa shape index (κ2) is 12.5. The number of rotatable bonds is 9. The molecule has 0 aliphatic carbocycles. The van der Waals surface area contributed by atoms with Crippen molar-refractivity contribution >= 4 is 16.6 Å². The van der Waals surface area contributed by atoms with Gasteiger partial charge in [-0.3, -0.25) is 9.69 Å². The first kappa shape index (κ1) is 29.4. The Bertz CT molecular complexity index is 1780. The third kappa shape index (κ3) is 6.30. The summed E-state index contributed by atoms with van der Waals surface area (Å²) in [4.78, 5) is 20.7. The SMILES string of the molecule is CCOc1ccc2[nH]c(=O)c([C@@H](c3nnnn3CCc3ccccc3)N3CCN(c4cccc(C(F)(F)F)c4)CC3)cc2c1. The van der Waals surface area contributed by atoms with E-state index in [9.17, 15) is 18.0 Å². The van der Waals surface area contributed by atoms with Crippen LogP contribution in [0.5, 0.6) is 5.75 Å². The van der Waals surface area contributed by atoms with Gasteiger partial charge in [0.2, 0.25) is 0 Å². The number of tetrazole rings is 1. The van der Waals surface area contributed by atoms with Gasteiger partial charge in [0.15, 0.2) is 5.82 Å². The summed E-state index contributed by atoms with van der Waals surface area (Å²) in [6.07, 6.45) is -3.72. The molecule has 0 amide bonds. The zero-order valence-electron chi connectivity index (χ0n) is 24.2. The quantitative estimate of drug-likeness (QED) is 0.251. The van der Waals surface area contributed by atoms with Crippen molar-refractivity contribution in [1.29, 1.82) is 0 Å². The van der Waals surface area contributed by atoms with Crippen molar-refractivity contribution in [3.63, 3.8) is 0 Å². The normalized spacial score (nSPS) is 15.0. The van der Waals surface area contributed by atoms with Crippen molar-refractivity contribution in [2.45, 2.75) is 32.1 Å². The van der Waals surface area contributed by atoms with Crippen LogP contribution in [0.3, 0.4) is 0 Å². The predicted octanol–water partition coefficient (Wildman–Crippen LogP) is 5.09. The van der Waals surface area contributed by atoms with Crippen LogP contribution in [0.25, 0.3) is 10.9 Å². The van der Waals surface area contributed by atoms with Crippen LogP contribution in [0, 0.1) is 0 Å². The lowest BCUT2D eigenvalue weighted by Crippen LogP contribution is -2.49. The van der Waals surface area contributed by atoms with Gasteiger partial charge in [0, 0.05) is 54.9 Å². The third-order valence-electron chi connectivity index (χ3n) is 7.93. The Hall–Kier alpha value is -4.71. The zero-order valence-corrected chi connectivity index (χ0v) is 24.2. The molecule has 6 rings (SSSR count). The van der Waals surface area contributed by atoms with E-state index < -0.39 is 17.8 Å². The minimum Gasteiger partial charge on any atom is -0.494 e. The largest absolute Gasteiger partial charge is 0.494 e. The number of fused-ring (bicyclic) bond motifs is 1. The number of benzene rings is 3. The molecule has 1 saturated heterocycles. The molecule has 0 unspecified atom stereocenters. The van der Waals surface area contributed by atoms with E-state index in [-0.39, 0.29) is 5.56 Å². The molecular weight excluding hydrogens is 571 g/mol. The second-order valence-corrected chi connectivity index (χ2v) is 10.7. The number of piperazine rings is 1. The Morgan fingerprint density at radius 2 is 1.75 bits per heavy atom. The van der Waals surface area contributed by atoms with Crippen molar-refractivity contribution in [2.24, 2.45) is 0 Å². The fourth-order valence-corrected chi connectivity index (χ4v) is 5.72. The van der Waals surface area contributed by atoms with Gasteiger partial charge in [0.25, 0.3) is 5.56 Å². The molecule has 1 fully saturated rings. The van der Waals surface area contributed by atoms with Gasteiger partial charge in [-0.2, -0.15) is 13.2 Å². The van der Waals surface area contributed by atoms with Crippen LogP contribution in [0.4, 0.5) is 18.9 Å². The van der Waals surface area contributed by atoms with Crippen molar-refractivity contribution in [3.05, 3.63) is 112 Å². The minimum absolute atomic E-state index is 0.260. The average Bonchev–Trinajstić information content (AvgIpc) is 3.49. The number of alkyl halides is 3. The van der Waals surface area contributed by atoms with E-state index in [1.807, 2.05) is 66.4 Å². The monoisotopic (exact) mass is 603 g/mol. The molecule has 5 aromatic rings. The molecule has 2 aromatic heterocycles. The summed E-state index contributed by atoms with van der Waals surface area (Å²) >= 11 is 0. The molecule has 3 heterocycles. The maximum Gasteiger partial charge on any atom is 0.416 e. The molecule has 1 atom stereocenters. The van der Waals surface area contributed by atoms with Crippen molar-refractivity contribution in [3.8, 4) is 5.75 Å². The van der Waals surface area contributed by atoms with E-state index in [1.165, 1.54) is 12.1 Å². The predicted molar refractivity (Wildman–Crippen MR) is 161 cm³/mol. The van der Waals surface area contributed by atoms with Gasteiger partial charge in [0.1, 0.15) is 11.8 Å². The number of nitrogens with zero attached hydrogens (tertiary/aromatic N) is 6. The first-order valence-electron chi connectivity index (χ1n) is 14.6. The van der Waals surface area contributed by atoms with Crippen LogP contribution < -0.4 is 15.2 Å². The lowest BCUT2D eigenvalue weighted by molar-refractivity contribution is -0.137. The van der Waals surface area contributed by atoms with E-state index >= 15 is 0 Å². The van der Waals surface area contributed by atoms with E-state index in [4.69, 9.17) is 4.74 Å². The van der Waals surface area contributed by atoms with Gasteiger partial charge < -0.3 is 14.6 Å².